The van der Waals surface area contributed by atoms with E-state index in [9.17, 15) is 8.78 Å². The van der Waals surface area contributed by atoms with Gasteiger partial charge in [-0.3, -0.25) is 0 Å². The highest BCUT2D eigenvalue weighted by Crippen LogP contribution is 2.25. The van der Waals surface area contributed by atoms with E-state index in [1.54, 1.807) is 24.5 Å². The summed E-state index contributed by atoms with van der Waals surface area (Å²) in [6.07, 6.45) is 3.70. The van der Waals surface area contributed by atoms with E-state index < -0.39 is 6.61 Å². The molecule has 4 rings (SSSR count). The first-order valence-electron chi connectivity index (χ1n) is 8.52. The second-order valence-electron chi connectivity index (χ2n) is 6.33. The molecule has 2 aromatic carbocycles. The lowest BCUT2D eigenvalue weighted by Gasteiger charge is -2.13. The summed E-state index contributed by atoms with van der Waals surface area (Å²) in [5, 5.41) is 0. The van der Waals surface area contributed by atoms with Crippen LogP contribution in [0.4, 0.5) is 8.78 Å². The van der Waals surface area contributed by atoms with Gasteiger partial charge in [0.1, 0.15) is 11.6 Å². The van der Waals surface area contributed by atoms with E-state index in [1.165, 1.54) is 0 Å². The first-order chi connectivity index (χ1) is 13.0. The summed E-state index contributed by atoms with van der Waals surface area (Å²) in [5.74, 6) is 0.978. The molecular weight excluding hydrogens is 350 g/mol. The summed E-state index contributed by atoms with van der Waals surface area (Å²) in [6.45, 7) is 1.36. The molecule has 27 heavy (non-hydrogen) atoms. The van der Waals surface area contributed by atoms with E-state index in [0.717, 1.165) is 28.2 Å². The summed E-state index contributed by atoms with van der Waals surface area (Å²) < 4.78 is 34.0. The van der Waals surface area contributed by atoms with Crippen molar-refractivity contribution in [2.75, 3.05) is 0 Å². The third kappa shape index (κ3) is 3.40. The maximum Gasteiger partial charge on any atom is 0.387 e. The number of rotatable bonds is 5. The van der Waals surface area contributed by atoms with Gasteiger partial charge in [-0.15, -0.1) is 0 Å². The second kappa shape index (κ2) is 6.83. The van der Waals surface area contributed by atoms with Gasteiger partial charge in [0.25, 0.3) is 0 Å². The van der Waals surface area contributed by atoms with Crippen molar-refractivity contribution in [1.29, 1.82) is 0 Å². The van der Waals surface area contributed by atoms with E-state index >= 15 is 0 Å². The van der Waals surface area contributed by atoms with Crippen molar-refractivity contribution in [3.63, 3.8) is 0 Å². The molecular formula is C20H18F2N4O. The number of nitrogens with zero attached hydrogens (tertiary/aromatic N) is 4. The standard InChI is InChI=1S/C20H18F2N4O/c1-13-10-25(12-23-13)16-7-8-17-18(9-16)26(14(2)24-17)11-15-5-3-4-6-19(15)27-20(21)22/h3-10,12,20H,11H2,1-2H3. The van der Waals surface area contributed by atoms with Gasteiger partial charge in [-0.2, -0.15) is 8.78 Å². The molecule has 2 aromatic heterocycles. The van der Waals surface area contributed by atoms with Crippen molar-refractivity contribution in [2.45, 2.75) is 27.0 Å². The lowest BCUT2D eigenvalue weighted by Crippen LogP contribution is -2.08. The van der Waals surface area contributed by atoms with Crippen LogP contribution < -0.4 is 4.74 Å². The number of aromatic nitrogens is 4. The van der Waals surface area contributed by atoms with Crippen LogP contribution in [0.15, 0.2) is 55.0 Å². The van der Waals surface area contributed by atoms with Gasteiger partial charge in [-0.25, -0.2) is 9.97 Å². The van der Waals surface area contributed by atoms with E-state index in [2.05, 4.69) is 14.7 Å². The molecule has 0 unspecified atom stereocenters. The Kier molecular flexibility index (Phi) is 4.35. The van der Waals surface area contributed by atoms with Gasteiger partial charge >= 0.3 is 6.61 Å². The third-order valence-corrected chi connectivity index (χ3v) is 4.45. The van der Waals surface area contributed by atoms with Gasteiger partial charge in [0.15, 0.2) is 0 Å². The number of halogens is 2. The quantitative estimate of drug-likeness (QED) is 0.521. The van der Waals surface area contributed by atoms with Gasteiger partial charge in [-0.05, 0) is 38.1 Å². The Morgan fingerprint density at radius 1 is 1.11 bits per heavy atom. The van der Waals surface area contributed by atoms with Crippen LogP contribution in [0.1, 0.15) is 17.1 Å². The van der Waals surface area contributed by atoms with Crippen LogP contribution >= 0.6 is 0 Å². The number of para-hydroxylation sites is 1. The van der Waals surface area contributed by atoms with Crippen molar-refractivity contribution in [3.8, 4) is 11.4 Å². The average molecular weight is 368 g/mol. The molecule has 0 atom stereocenters. The van der Waals surface area contributed by atoms with E-state index in [-0.39, 0.29) is 5.75 Å². The minimum Gasteiger partial charge on any atom is -0.434 e. The Balaban J connectivity index is 1.77. The number of hydrogen-bond acceptors (Lipinski definition) is 3. The number of alkyl halides is 2. The van der Waals surface area contributed by atoms with Crippen LogP contribution in [0.5, 0.6) is 5.75 Å². The Hall–Kier alpha value is -3.22. The van der Waals surface area contributed by atoms with E-state index in [4.69, 9.17) is 0 Å². The lowest BCUT2D eigenvalue weighted by molar-refractivity contribution is -0.0504. The fourth-order valence-electron chi connectivity index (χ4n) is 3.17. The number of fused-ring (bicyclic) bond motifs is 1. The van der Waals surface area contributed by atoms with E-state index in [0.29, 0.717) is 12.1 Å². The lowest BCUT2D eigenvalue weighted by atomic mass is 10.2. The molecule has 0 aliphatic carbocycles. The highest BCUT2D eigenvalue weighted by atomic mass is 19.3. The van der Waals surface area contributed by atoms with Gasteiger partial charge in [0.05, 0.1) is 29.6 Å². The first kappa shape index (κ1) is 17.2. The van der Waals surface area contributed by atoms with Crippen LogP contribution in [0, 0.1) is 13.8 Å². The Morgan fingerprint density at radius 3 is 2.67 bits per heavy atom. The molecule has 0 saturated carbocycles. The molecule has 138 valence electrons. The van der Waals surface area contributed by atoms with Crippen molar-refractivity contribution < 1.29 is 13.5 Å². The Morgan fingerprint density at radius 2 is 1.93 bits per heavy atom. The second-order valence-corrected chi connectivity index (χ2v) is 6.33. The molecule has 0 bridgehead atoms. The predicted molar refractivity (Wildman–Crippen MR) is 98.5 cm³/mol. The number of imidazole rings is 2. The summed E-state index contributed by atoms with van der Waals surface area (Å²) in [5.41, 5.74) is 4.33. The number of ether oxygens (including phenoxy) is 1. The average Bonchev–Trinajstić information content (AvgIpc) is 3.19. The predicted octanol–water partition coefficient (Wildman–Crippen LogP) is 4.49. The topological polar surface area (TPSA) is 44.9 Å². The molecule has 4 aromatic rings. The van der Waals surface area contributed by atoms with E-state index in [1.807, 2.05) is 53.4 Å². The summed E-state index contributed by atoms with van der Waals surface area (Å²) in [6, 6.07) is 12.8. The maximum atomic E-state index is 12.7. The van der Waals surface area contributed by atoms with Crippen LogP contribution in [0.3, 0.4) is 0 Å². The third-order valence-electron chi connectivity index (χ3n) is 4.45. The molecule has 0 aliphatic heterocycles. The largest absolute Gasteiger partial charge is 0.434 e. The van der Waals surface area contributed by atoms with Crippen LogP contribution in [0.25, 0.3) is 16.7 Å². The van der Waals surface area contributed by atoms with Gasteiger partial charge in [0.2, 0.25) is 0 Å². The molecule has 2 heterocycles. The molecule has 0 amide bonds. The molecule has 0 spiro atoms. The van der Waals surface area contributed by atoms with Gasteiger partial charge < -0.3 is 13.9 Å². The fraction of sp³-hybridized carbons (Fsp3) is 0.200. The zero-order chi connectivity index (χ0) is 19.0. The highest BCUT2D eigenvalue weighted by molar-refractivity contribution is 5.78. The minimum absolute atomic E-state index is 0.176. The Labute approximate surface area is 154 Å². The molecule has 7 heteroatoms. The normalized spacial score (nSPS) is 11.4. The molecule has 0 saturated heterocycles. The molecule has 0 aliphatic rings. The van der Waals surface area contributed by atoms with Crippen LogP contribution in [-0.2, 0) is 6.54 Å². The fourth-order valence-corrected chi connectivity index (χ4v) is 3.17. The van der Waals surface area contributed by atoms with Crippen LogP contribution in [0.2, 0.25) is 0 Å². The number of aryl methyl sites for hydroxylation is 2. The summed E-state index contributed by atoms with van der Waals surface area (Å²) in [7, 11) is 0. The van der Waals surface area contributed by atoms with Crippen molar-refractivity contribution in [1.82, 2.24) is 19.1 Å². The van der Waals surface area contributed by atoms with Crippen molar-refractivity contribution in [3.05, 3.63) is 72.1 Å². The maximum absolute atomic E-state index is 12.7. The summed E-state index contributed by atoms with van der Waals surface area (Å²) in [4.78, 5) is 8.85. The van der Waals surface area contributed by atoms with Crippen molar-refractivity contribution >= 4 is 11.0 Å². The molecule has 5 nitrogen and oxygen atoms in total. The number of hydrogen-bond donors (Lipinski definition) is 0. The smallest absolute Gasteiger partial charge is 0.387 e. The zero-order valence-corrected chi connectivity index (χ0v) is 14.9. The number of benzene rings is 2. The monoisotopic (exact) mass is 368 g/mol. The molecule has 0 N–H and O–H groups in total. The SMILES string of the molecule is Cc1cn(-c2ccc3nc(C)n(Cc4ccccc4OC(F)F)c3c2)cn1. The highest BCUT2D eigenvalue weighted by Gasteiger charge is 2.14. The summed E-state index contributed by atoms with van der Waals surface area (Å²) >= 11 is 0. The van der Waals surface area contributed by atoms with Crippen LogP contribution in [-0.4, -0.2) is 25.7 Å². The minimum atomic E-state index is -2.86. The Bertz CT molecular complexity index is 1100. The first-order valence-corrected chi connectivity index (χ1v) is 8.52. The zero-order valence-electron chi connectivity index (χ0n) is 14.9. The van der Waals surface area contributed by atoms with Gasteiger partial charge in [0, 0.05) is 17.4 Å². The molecule has 0 radical (unpaired) electrons. The molecule has 0 fully saturated rings. The van der Waals surface area contributed by atoms with Crippen molar-refractivity contribution in [2.24, 2.45) is 0 Å². The van der Waals surface area contributed by atoms with Gasteiger partial charge in [-0.1, -0.05) is 18.2 Å².